The van der Waals surface area contributed by atoms with Crippen LogP contribution < -0.4 is 5.32 Å². The fourth-order valence-electron chi connectivity index (χ4n) is 4.13. The van der Waals surface area contributed by atoms with E-state index in [0.717, 1.165) is 17.0 Å². The fraction of sp³-hybridized carbons (Fsp3) is 0.273. The molecule has 1 aromatic heterocycles. The average Bonchev–Trinajstić information content (AvgIpc) is 3.21. The Labute approximate surface area is 168 Å². The lowest BCUT2D eigenvalue weighted by Gasteiger charge is -2.36. The maximum Gasteiger partial charge on any atom is 0.336 e. The second-order valence-corrected chi connectivity index (χ2v) is 7.51. The first kappa shape index (κ1) is 18.6. The zero-order valence-corrected chi connectivity index (χ0v) is 16.4. The highest BCUT2D eigenvalue weighted by molar-refractivity contribution is 6.30. The van der Waals surface area contributed by atoms with Crippen molar-refractivity contribution in [2.45, 2.75) is 31.6 Å². The number of methoxy groups -OCH3 is 1. The molecule has 2 unspecified atom stereocenters. The number of dihydropyridines is 1. The number of Topliss-reactive ketones (excluding diaryl/α,β-unsaturated/α-hetero) is 1. The maximum atomic E-state index is 13.2. The van der Waals surface area contributed by atoms with Crippen LogP contribution in [0.25, 0.3) is 0 Å². The molecule has 2 aromatic rings. The number of ether oxygens (including phenoxy) is 1. The van der Waals surface area contributed by atoms with E-state index in [4.69, 9.17) is 20.8 Å². The molecule has 0 bridgehead atoms. The summed E-state index contributed by atoms with van der Waals surface area (Å²) >= 11 is 6.04. The highest BCUT2D eigenvalue weighted by Gasteiger charge is 2.41. The zero-order chi connectivity index (χ0) is 19.8. The summed E-state index contributed by atoms with van der Waals surface area (Å²) in [6.45, 7) is 1.83. The summed E-state index contributed by atoms with van der Waals surface area (Å²) in [7, 11) is 1.35. The summed E-state index contributed by atoms with van der Waals surface area (Å²) in [6, 6.07) is 11.0. The van der Waals surface area contributed by atoms with Crippen LogP contribution in [-0.2, 0) is 14.3 Å². The van der Waals surface area contributed by atoms with Crippen molar-refractivity contribution < 1.29 is 18.7 Å². The van der Waals surface area contributed by atoms with Crippen molar-refractivity contribution in [2.24, 2.45) is 0 Å². The minimum atomic E-state index is -0.481. The van der Waals surface area contributed by atoms with Gasteiger partial charge in [0.2, 0.25) is 0 Å². The molecule has 0 spiro atoms. The highest BCUT2D eigenvalue weighted by atomic mass is 35.5. The fourth-order valence-corrected chi connectivity index (χ4v) is 4.26. The van der Waals surface area contributed by atoms with E-state index in [2.05, 4.69) is 5.32 Å². The first-order chi connectivity index (χ1) is 13.5. The van der Waals surface area contributed by atoms with Crippen LogP contribution >= 0.6 is 11.6 Å². The number of carbonyl (C=O) groups excluding carboxylic acids is 2. The third-order valence-electron chi connectivity index (χ3n) is 5.38. The lowest BCUT2D eigenvalue weighted by atomic mass is 9.72. The number of ketones is 1. The number of hydrogen-bond acceptors (Lipinski definition) is 5. The predicted molar refractivity (Wildman–Crippen MR) is 105 cm³/mol. The van der Waals surface area contributed by atoms with E-state index in [1.807, 2.05) is 31.2 Å². The van der Waals surface area contributed by atoms with Crippen LogP contribution in [0.2, 0.25) is 5.02 Å². The van der Waals surface area contributed by atoms with Gasteiger partial charge in [-0.2, -0.15) is 0 Å². The summed E-state index contributed by atoms with van der Waals surface area (Å²) in [6.07, 6.45) is 2.60. The summed E-state index contributed by atoms with van der Waals surface area (Å²) in [5, 5.41) is 3.88. The lowest BCUT2D eigenvalue weighted by molar-refractivity contribution is -0.136. The number of carbonyl (C=O) groups is 2. The van der Waals surface area contributed by atoms with Crippen LogP contribution in [0.3, 0.4) is 0 Å². The second kappa shape index (κ2) is 7.32. The molecule has 2 atom stereocenters. The molecular formula is C22H20ClNO4. The molecule has 144 valence electrons. The van der Waals surface area contributed by atoms with Crippen molar-refractivity contribution in [1.29, 1.82) is 0 Å². The van der Waals surface area contributed by atoms with Crippen molar-refractivity contribution in [3.63, 3.8) is 0 Å². The van der Waals surface area contributed by atoms with Crippen LogP contribution in [0.4, 0.5) is 0 Å². The molecule has 5 nitrogen and oxygen atoms in total. The Morgan fingerprint density at radius 3 is 2.61 bits per heavy atom. The molecule has 1 N–H and O–H groups in total. The van der Waals surface area contributed by atoms with Crippen LogP contribution in [0.15, 0.2) is 69.6 Å². The van der Waals surface area contributed by atoms with Crippen LogP contribution in [-0.4, -0.2) is 18.9 Å². The molecule has 4 rings (SSSR count). The molecule has 2 aliphatic rings. The molecule has 0 saturated carbocycles. The monoisotopic (exact) mass is 397 g/mol. The Morgan fingerprint density at radius 2 is 1.96 bits per heavy atom. The summed E-state index contributed by atoms with van der Waals surface area (Å²) in [4.78, 5) is 25.8. The molecule has 1 aromatic carbocycles. The third kappa shape index (κ3) is 3.16. The number of halogens is 1. The number of hydrogen-bond donors (Lipinski definition) is 1. The van der Waals surface area contributed by atoms with E-state index in [1.165, 1.54) is 7.11 Å². The van der Waals surface area contributed by atoms with Gasteiger partial charge in [0.1, 0.15) is 5.76 Å². The third-order valence-corrected chi connectivity index (χ3v) is 5.63. The second-order valence-electron chi connectivity index (χ2n) is 7.08. The molecule has 0 amide bonds. The highest BCUT2D eigenvalue weighted by Crippen LogP contribution is 2.45. The van der Waals surface area contributed by atoms with Crippen molar-refractivity contribution in [2.75, 3.05) is 7.11 Å². The van der Waals surface area contributed by atoms with E-state index in [1.54, 1.807) is 18.4 Å². The normalized spacial score (nSPS) is 22.0. The lowest BCUT2D eigenvalue weighted by Crippen LogP contribution is -2.35. The first-order valence-electron chi connectivity index (χ1n) is 9.10. The minimum Gasteiger partial charge on any atom is -0.469 e. The average molecular weight is 398 g/mol. The largest absolute Gasteiger partial charge is 0.469 e. The predicted octanol–water partition coefficient (Wildman–Crippen LogP) is 4.47. The van der Waals surface area contributed by atoms with Gasteiger partial charge in [-0.05, 0) is 43.2 Å². The smallest absolute Gasteiger partial charge is 0.336 e. The quantitative estimate of drug-likeness (QED) is 0.774. The number of rotatable bonds is 3. The Bertz CT molecular complexity index is 986. The van der Waals surface area contributed by atoms with Gasteiger partial charge in [0, 0.05) is 40.2 Å². The Morgan fingerprint density at radius 1 is 1.21 bits per heavy atom. The standard InChI is InChI=1S/C22H20ClNO4/c1-12-19(22(26)27-2)20(13-5-7-15(23)8-6-13)21-16(24-12)10-14(11-17(21)25)18-4-3-9-28-18/h3-9,14,20,24H,10-11H2,1-2H3. The van der Waals surface area contributed by atoms with E-state index in [0.29, 0.717) is 34.7 Å². The van der Waals surface area contributed by atoms with Crippen molar-refractivity contribution in [3.8, 4) is 0 Å². The SMILES string of the molecule is COC(=O)C1=C(C)NC2=C(C(=O)CC(c3ccco3)C2)C1c1ccc(Cl)cc1. The van der Waals surface area contributed by atoms with E-state index in [9.17, 15) is 9.59 Å². The van der Waals surface area contributed by atoms with Gasteiger partial charge in [-0.3, -0.25) is 4.79 Å². The minimum absolute atomic E-state index is 0.00371. The molecule has 1 aliphatic heterocycles. The number of nitrogens with one attached hydrogen (secondary N) is 1. The maximum absolute atomic E-state index is 13.2. The van der Waals surface area contributed by atoms with Crippen molar-refractivity contribution in [3.05, 3.63) is 81.5 Å². The molecule has 1 aliphatic carbocycles. The molecule has 0 radical (unpaired) electrons. The van der Waals surface area contributed by atoms with Crippen LogP contribution in [0.1, 0.15) is 42.9 Å². The number of esters is 1. The number of furan rings is 1. The summed E-state index contributed by atoms with van der Waals surface area (Å²) < 4.78 is 10.5. The molecule has 0 fully saturated rings. The van der Waals surface area contributed by atoms with Gasteiger partial charge in [-0.25, -0.2) is 4.79 Å². The molecule has 0 saturated heterocycles. The number of allylic oxidation sites excluding steroid dienone is 3. The molecule has 6 heteroatoms. The van der Waals surface area contributed by atoms with E-state index < -0.39 is 11.9 Å². The van der Waals surface area contributed by atoms with Gasteiger partial charge in [0.15, 0.2) is 5.78 Å². The first-order valence-corrected chi connectivity index (χ1v) is 9.48. The molecule has 28 heavy (non-hydrogen) atoms. The van der Waals surface area contributed by atoms with Gasteiger partial charge in [-0.15, -0.1) is 0 Å². The van der Waals surface area contributed by atoms with Crippen LogP contribution in [0, 0.1) is 0 Å². The Balaban J connectivity index is 1.82. The zero-order valence-electron chi connectivity index (χ0n) is 15.6. The van der Waals surface area contributed by atoms with Gasteiger partial charge in [0.05, 0.1) is 18.9 Å². The van der Waals surface area contributed by atoms with Crippen molar-refractivity contribution in [1.82, 2.24) is 5.32 Å². The van der Waals surface area contributed by atoms with Gasteiger partial charge >= 0.3 is 5.97 Å². The van der Waals surface area contributed by atoms with Gasteiger partial charge < -0.3 is 14.5 Å². The number of benzene rings is 1. The Kier molecular flexibility index (Phi) is 4.85. The molecule has 2 heterocycles. The summed E-state index contributed by atoms with van der Waals surface area (Å²) in [5.74, 6) is -0.148. The van der Waals surface area contributed by atoms with Gasteiger partial charge in [0.25, 0.3) is 0 Å². The summed E-state index contributed by atoms with van der Waals surface area (Å²) in [5.41, 5.74) is 3.44. The topological polar surface area (TPSA) is 68.5 Å². The van der Waals surface area contributed by atoms with Gasteiger partial charge in [-0.1, -0.05) is 23.7 Å². The Hall–Kier alpha value is -2.79. The van der Waals surface area contributed by atoms with Crippen molar-refractivity contribution >= 4 is 23.4 Å². The van der Waals surface area contributed by atoms with E-state index in [-0.39, 0.29) is 11.7 Å². The molecular weight excluding hydrogens is 378 g/mol. The van der Waals surface area contributed by atoms with E-state index >= 15 is 0 Å². The van der Waals surface area contributed by atoms with Crippen LogP contribution in [0.5, 0.6) is 0 Å².